The molecule has 1 nitrogen and oxygen atoms in total. The van der Waals surface area contributed by atoms with Crippen molar-refractivity contribution in [3.63, 3.8) is 0 Å². The predicted octanol–water partition coefficient (Wildman–Crippen LogP) is 3.80. The molecule has 0 fully saturated rings. The fraction of sp³-hybridized carbons (Fsp3) is 0.692. The van der Waals surface area contributed by atoms with Gasteiger partial charge in [0.25, 0.3) is 0 Å². The summed E-state index contributed by atoms with van der Waals surface area (Å²) in [5.41, 5.74) is 0. The third-order valence-corrected chi connectivity index (χ3v) is 5.82. The first-order valence-electron chi connectivity index (χ1n) is 6.04. The van der Waals surface area contributed by atoms with Crippen LogP contribution in [0.4, 0.5) is 0 Å². The van der Waals surface area contributed by atoms with Gasteiger partial charge in [-0.3, -0.25) is 0 Å². The van der Waals surface area contributed by atoms with Crippen LogP contribution >= 0.6 is 23.1 Å². The molecule has 1 aromatic heterocycles. The van der Waals surface area contributed by atoms with Crippen LogP contribution in [0.3, 0.4) is 0 Å². The van der Waals surface area contributed by atoms with E-state index in [1.165, 1.54) is 17.7 Å². The molecule has 0 aliphatic carbocycles. The SMILES string of the molecule is CCC(CC)(CNCCc1cccs1)SC. The lowest BCUT2D eigenvalue weighted by atomic mass is 10.0. The van der Waals surface area contributed by atoms with Gasteiger partial charge in [0.1, 0.15) is 0 Å². The molecule has 1 heterocycles. The van der Waals surface area contributed by atoms with Gasteiger partial charge in [-0.15, -0.1) is 11.3 Å². The molecule has 0 radical (unpaired) electrons. The van der Waals surface area contributed by atoms with Gasteiger partial charge in [-0.2, -0.15) is 11.8 Å². The van der Waals surface area contributed by atoms with Crippen LogP contribution in [0.15, 0.2) is 17.5 Å². The Balaban J connectivity index is 2.23. The Hall–Kier alpha value is 0.01000. The number of hydrogen-bond acceptors (Lipinski definition) is 3. The maximum absolute atomic E-state index is 3.60. The van der Waals surface area contributed by atoms with E-state index >= 15 is 0 Å². The van der Waals surface area contributed by atoms with Crippen molar-refractivity contribution in [1.29, 1.82) is 0 Å². The van der Waals surface area contributed by atoms with E-state index in [1.807, 2.05) is 23.1 Å². The molecule has 0 saturated carbocycles. The second-order valence-corrected chi connectivity index (χ2v) is 6.41. The van der Waals surface area contributed by atoms with E-state index in [1.54, 1.807) is 0 Å². The van der Waals surface area contributed by atoms with Gasteiger partial charge in [0.15, 0.2) is 0 Å². The van der Waals surface area contributed by atoms with Crippen LogP contribution < -0.4 is 5.32 Å². The van der Waals surface area contributed by atoms with Gasteiger partial charge in [0.05, 0.1) is 0 Å². The molecule has 1 rings (SSSR count). The molecular formula is C13H23NS2. The minimum atomic E-state index is 0.440. The fourth-order valence-electron chi connectivity index (χ4n) is 1.84. The second-order valence-electron chi connectivity index (χ2n) is 4.10. The van der Waals surface area contributed by atoms with Gasteiger partial charge in [-0.25, -0.2) is 0 Å². The summed E-state index contributed by atoms with van der Waals surface area (Å²) in [5, 5.41) is 5.76. The number of rotatable bonds is 8. The van der Waals surface area contributed by atoms with E-state index in [0.29, 0.717) is 4.75 Å². The van der Waals surface area contributed by atoms with Crippen LogP contribution in [0.2, 0.25) is 0 Å². The monoisotopic (exact) mass is 257 g/mol. The summed E-state index contributed by atoms with van der Waals surface area (Å²) >= 11 is 3.86. The zero-order chi connectivity index (χ0) is 11.9. The molecule has 0 unspecified atom stereocenters. The van der Waals surface area contributed by atoms with Crippen molar-refractivity contribution in [2.45, 2.75) is 37.9 Å². The van der Waals surface area contributed by atoms with Crippen molar-refractivity contribution in [3.8, 4) is 0 Å². The molecule has 1 aromatic rings. The highest BCUT2D eigenvalue weighted by Gasteiger charge is 2.23. The molecule has 0 amide bonds. The zero-order valence-corrected chi connectivity index (χ0v) is 12.2. The van der Waals surface area contributed by atoms with Gasteiger partial charge in [0.2, 0.25) is 0 Å². The summed E-state index contributed by atoms with van der Waals surface area (Å²) in [4.78, 5) is 1.48. The Kier molecular flexibility index (Phi) is 6.47. The Morgan fingerprint density at radius 3 is 2.62 bits per heavy atom. The molecular weight excluding hydrogens is 234 g/mol. The first kappa shape index (κ1) is 14.1. The van der Waals surface area contributed by atoms with E-state index in [-0.39, 0.29) is 0 Å². The van der Waals surface area contributed by atoms with Crippen LogP contribution in [-0.4, -0.2) is 24.1 Å². The molecule has 92 valence electrons. The van der Waals surface area contributed by atoms with Gasteiger partial charge < -0.3 is 5.32 Å². The number of thioether (sulfide) groups is 1. The van der Waals surface area contributed by atoms with Crippen LogP contribution in [0.25, 0.3) is 0 Å². The van der Waals surface area contributed by atoms with Gasteiger partial charge in [0, 0.05) is 22.7 Å². The molecule has 0 saturated heterocycles. The van der Waals surface area contributed by atoms with Crippen molar-refractivity contribution in [2.75, 3.05) is 19.3 Å². The normalized spacial score (nSPS) is 11.9. The maximum Gasteiger partial charge on any atom is 0.0276 e. The van der Waals surface area contributed by atoms with Crippen molar-refractivity contribution in [3.05, 3.63) is 22.4 Å². The van der Waals surface area contributed by atoms with E-state index < -0.39 is 0 Å². The van der Waals surface area contributed by atoms with Gasteiger partial charge in [-0.05, 0) is 37.0 Å². The standard InChI is InChI=1S/C13H23NS2/c1-4-13(5-2,15-3)11-14-9-8-12-7-6-10-16-12/h6-7,10,14H,4-5,8-9,11H2,1-3H3. The lowest BCUT2D eigenvalue weighted by Gasteiger charge is -2.29. The first-order chi connectivity index (χ1) is 7.76. The maximum atomic E-state index is 3.60. The van der Waals surface area contributed by atoms with Crippen LogP contribution in [0, 0.1) is 0 Å². The quantitative estimate of drug-likeness (QED) is 0.711. The van der Waals surface area contributed by atoms with Gasteiger partial charge >= 0.3 is 0 Å². The largest absolute Gasteiger partial charge is 0.315 e. The minimum Gasteiger partial charge on any atom is -0.315 e. The molecule has 3 heteroatoms. The van der Waals surface area contributed by atoms with E-state index in [2.05, 4.69) is 42.9 Å². The summed E-state index contributed by atoms with van der Waals surface area (Å²) in [6.45, 7) is 6.82. The van der Waals surface area contributed by atoms with Crippen molar-refractivity contribution in [1.82, 2.24) is 5.32 Å². The lowest BCUT2D eigenvalue weighted by molar-refractivity contribution is 0.497. The molecule has 0 aliphatic rings. The van der Waals surface area contributed by atoms with Crippen molar-refractivity contribution < 1.29 is 0 Å². The molecule has 1 N–H and O–H groups in total. The van der Waals surface area contributed by atoms with Crippen molar-refractivity contribution >= 4 is 23.1 Å². The number of thiophene rings is 1. The van der Waals surface area contributed by atoms with Crippen LogP contribution in [0.1, 0.15) is 31.6 Å². The van der Waals surface area contributed by atoms with Crippen LogP contribution in [0.5, 0.6) is 0 Å². The molecule has 0 bridgehead atoms. The summed E-state index contributed by atoms with van der Waals surface area (Å²) < 4.78 is 0.440. The summed E-state index contributed by atoms with van der Waals surface area (Å²) in [5.74, 6) is 0. The third kappa shape index (κ3) is 4.11. The number of hydrogen-bond donors (Lipinski definition) is 1. The highest BCUT2D eigenvalue weighted by atomic mass is 32.2. The smallest absolute Gasteiger partial charge is 0.0276 e. The zero-order valence-electron chi connectivity index (χ0n) is 10.6. The Labute approximate surface area is 108 Å². The van der Waals surface area contributed by atoms with Gasteiger partial charge in [-0.1, -0.05) is 19.9 Å². The summed E-state index contributed by atoms with van der Waals surface area (Å²) in [6.07, 6.45) is 5.89. The highest BCUT2D eigenvalue weighted by molar-refractivity contribution is 8.00. The minimum absolute atomic E-state index is 0.440. The average Bonchev–Trinajstić information content (AvgIpc) is 2.83. The van der Waals surface area contributed by atoms with Crippen molar-refractivity contribution in [2.24, 2.45) is 0 Å². The third-order valence-electron chi connectivity index (χ3n) is 3.30. The predicted molar refractivity (Wildman–Crippen MR) is 77.7 cm³/mol. The first-order valence-corrected chi connectivity index (χ1v) is 8.15. The summed E-state index contributed by atoms with van der Waals surface area (Å²) in [6, 6.07) is 4.35. The fourth-order valence-corrected chi connectivity index (χ4v) is 3.38. The molecule has 16 heavy (non-hydrogen) atoms. The average molecular weight is 257 g/mol. The number of nitrogens with one attached hydrogen (secondary N) is 1. The Morgan fingerprint density at radius 1 is 1.38 bits per heavy atom. The molecule has 0 spiro atoms. The Morgan fingerprint density at radius 2 is 2.12 bits per heavy atom. The lowest BCUT2D eigenvalue weighted by Crippen LogP contribution is -2.37. The Bertz CT molecular complexity index is 257. The second kappa shape index (κ2) is 7.36. The van der Waals surface area contributed by atoms with E-state index in [9.17, 15) is 0 Å². The van der Waals surface area contributed by atoms with E-state index in [4.69, 9.17) is 0 Å². The highest BCUT2D eigenvalue weighted by Crippen LogP contribution is 2.29. The van der Waals surface area contributed by atoms with Crippen LogP contribution in [-0.2, 0) is 6.42 Å². The topological polar surface area (TPSA) is 12.0 Å². The van der Waals surface area contributed by atoms with E-state index in [0.717, 1.165) is 19.5 Å². The summed E-state index contributed by atoms with van der Waals surface area (Å²) in [7, 11) is 0. The molecule has 0 aromatic carbocycles. The molecule has 0 aliphatic heterocycles. The molecule has 0 atom stereocenters.